The lowest BCUT2D eigenvalue weighted by Gasteiger charge is -2.23. The Labute approximate surface area is 96.7 Å². The highest BCUT2D eigenvalue weighted by molar-refractivity contribution is 5.50. The first-order valence-electron chi connectivity index (χ1n) is 5.46. The van der Waals surface area contributed by atoms with Crippen LogP contribution in [0.15, 0.2) is 12.1 Å². The maximum atomic E-state index is 8.81. The summed E-state index contributed by atoms with van der Waals surface area (Å²) < 4.78 is 0. The van der Waals surface area contributed by atoms with Crippen LogP contribution in [0.2, 0.25) is 0 Å². The second kappa shape index (κ2) is 5.36. The Bertz CT molecular complexity index is 394. The predicted molar refractivity (Wildman–Crippen MR) is 66.1 cm³/mol. The molecule has 0 aliphatic rings. The van der Waals surface area contributed by atoms with Gasteiger partial charge in [0.2, 0.25) is 0 Å². The van der Waals surface area contributed by atoms with Gasteiger partial charge in [0.15, 0.2) is 0 Å². The van der Waals surface area contributed by atoms with E-state index in [0.29, 0.717) is 12.2 Å². The number of pyridine rings is 1. The third-order valence-corrected chi connectivity index (χ3v) is 2.53. The minimum atomic E-state index is -0.000362. The van der Waals surface area contributed by atoms with Gasteiger partial charge in [-0.3, -0.25) is 0 Å². The van der Waals surface area contributed by atoms with Crippen LogP contribution in [0.5, 0.6) is 0 Å². The maximum Gasteiger partial charge on any atom is 0.128 e. The monoisotopic (exact) mass is 218 g/mol. The summed E-state index contributed by atoms with van der Waals surface area (Å²) in [6.45, 7) is 7.39. The molecule has 1 atom stereocenters. The van der Waals surface area contributed by atoms with Crippen molar-refractivity contribution in [2.45, 2.75) is 20.8 Å². The van der Waals surface area contributed by atoms with E-state index in [0.717, 1.165) is 18.1 Å². The van der Waals surface area contributed by atoms with Crippen LogP contribution in [-0.4, -0.2) is 18.1 Å². The third-order valence-electron chi connectivity index (χ3n) is 2.53. The van der Waals surface area contributed by atoms with Crippen LogP contribution in [0, 0.1) is 24.2 Å². The molecule has 1 unspecified atom stereocenters. The van der Waals surface area contributed by atoms with Crippen molar-refractivity contribution >= 4 is 11.5 Å². The molecule has 0 bridgehead atoms. The van der Waals surface area contributed by atoms with E-state index >= 15 is 0 Å². The minimum absolute atomic E-state index is 0.000362. The standard InChI is InChI=1S/C12H18N4/c1-4-16(8-9(2)7-13)12-6-5-11(14)10(3)15-12/h5-6,9H,4,8,14H2,1-3H3. The number of anilines is 2. The summed E-state index contributed by atoms with van der Waals surface area (Å²) in [6.07, 6.45) is 0. The zero-order chi connectivity index (χ0) is 12.1. The second-order valence-electron chi connectivity index (χ2n) is 3.91. The van der Waals surface area contributed by atoms with Crippen molar-refractivity contribution in [3.8, 4) is 6.07 Å². The SMILES string of the molecule is CCN(CC(C)C#N)c1ccc(N)c(C)n1. The molecule has 0 aliphatic carbocycles. The Morgan fingerprint density at radius 1 is 1.56 bits per heavy atom. The summed E-state index contributed by atoms with van der Waals surface area (Å²) in [5.41, 5.74) is 7.26. The molecule has 0 radical (unpaired) electrons. The van der Waals surface area contributed by atoms with Crippen LogP contribution in [0.3, 0.4) is 0 Å². The van der Waals surface area contributed by atoms with E-state index in [4.69, 9.17) is 11.0 Å². The van der Waals surface area contributed by atoms with E-state index in [1.165, 1.54) is 0 Å². The third kappa shape index (κ3) is 2.86. The molecule has 0 amide bonds. The van der Waals surface area contributed by atoms with Gasteiger partial charge in [-0.05, 0) is 32.9 Å². The first kappa shape index (κ1) is 12.3. The van der Waals surface area contributed by atoms with Gasteiger partial charge in [-0.2, -0.15) is 5.26 Å². The molecule has 4 heteroatoms. The van der Waals surface area contributed by atoms with Gasteiger partial charge in [0.05, 0.1) is 23.4 Å². The molecule has 0 saturated heterocycles. The Hall–Kier alpha value is -1.76. The fourth-order valence-electron chi connectivity index (χ4n) is 1.49. The highest BCUT2D eigenvalue weighted by Crippen LogP contribution is 2.16. The maximum absolute atomic E-state index is 8.81. The van der Waals surface area contributed by atoms with E-state index in [1.807, 2.05) is 26.0 Å². The smallest absolute Gasteiger partial charge is 0.128 e. The summed E-state index contributed by atoms with van der Waals surface area (Å²) >= 11 is 0. The molecule has 16 heavy (non-hydrogen) atoms. The van der Waals surface area contributed by atoms with E-state index in [2.05, 4.69) is 22.9 Å². The predicted octanol–water partition coefficient (Wildman–Crippen LogP) is 1.96. The number of aryl methyl sites for hydroxylation is 1. The van der Waals surface area contributed by atoms with Gasteiger partial charge >= 0.3 is 0 Å². The van der Waals surface area contributed by atoms with Gasteiger partial charge in [-0.15, -0.1) is 0 Å². The molecule has 0 aliphatic heterocycles. The second-order valence-corrected chi connectivity index (χ2v) is 3.91. The molecule has 4 nitrogen and oxygen atoms in total. The van der Waals surface area contributed by atoms with Gasteiger partial charge in [-0.25, -0.2) is 4.98 Å². The molecule has 0 aromatic carbocycles. The van der Waals surface area contributed by atoms with E-state index < -0.39 is 0 Å². The first-order chi connectivity index (χ1) is 7.58. The quantitative estimate of drug-likeness (QED) is 0.839. The Morgan fingerprint density at radius 3 is 2.75 bits per heavy atom. The zero-order valence-electron chi connectivity index (χ0n) is 10.1. The number of nitrogen functional groups attached to an aromatic ring is 1. The molecule has 0 spiro atoms. The first-order valence-corrected chi connectivity index (χ1v) is 5.46. The molecule has 1 aromatic rings. The molecular weight excluding hydrogens is 200 g/mol. The average molecular weight is 218 g/mol. The summed E-state index contributed by atoms with van der Waals surface area (Å²) in [7, 11) is 0. The summed E-state index contributed by atoms with van der Waals surface area (Å²) in [5.74, 6) is 0.885. The van der Waals surface area contributed by atoms with Crippen LogP contribution in [0.4, 0.5) is 11.5 Å². The van der Waals surface area contributed by atoms with Crippen LogP contribution in [0.1, 0.15) is 19.5 Å². The summed E-state index contributed by atoms with van der Waals surface area (Å²) in [4.78, 5) is 6.51. The highest BCUT2D eigenvalue weighted by atomic mass is 15.2. The number of nitrogens with two attached hydrogens (primary N) is 1. The lowest BCUT2D eigenvalue weighted by Crippen LogP contribution is -2.28. The van der Waals surface area contributed by atoms with Crippen LogP contribution < -0.4 is 10.6 Å². The number of aromatic nitrogens is 1. The van der Waals surface area contributed by atoms with E-state index in [1.54, 1.807) is 0 Å². The number of hydrogen-bond acceptors (Lipinski definition) is 4. The normalized spacial score (nSPS) is 11.9. The van der Waals surface area contributed by atoms with Crippen LogP contribution in [-0.2, 0) is 0 Å². The molecular formula is C12H18N4. The van der Waals surface area contributed by atoms with E-state index in [9.17, 15) is 0 Å². The lowest BCUT2D eigenvalue weighted by molar-refractivity contribution is 0.679. The number of rotatable bonds is 4. The molecule has 86 valence electrons. The lowest BCUT2D eigenvalue weighted by atomic mass is 10.2. The van der Waals surface area contributed by atoms with Crippen molar-refractivity contribution in [1.29, 1.82) is 5.26 Å². The Balaban J connectivity index is 2.87. The zero-order valence-corrected chi connectivity index (χ0v) is 10.1. The summed E-state index contributed by atoms with van der Waals surface area (Å²) in [6, 6.07) is 5.99. The number of nitrogens with zero attached hydrogens (tertiary/aromatic N) is 3. The van der Waals surface area contributed by atoms with Crippen molar-refractivity contribution in [2.24, 2.45) is 5.92 Å². The van der Waals surface area contributed by atoms with Crippen LogP contribution >= 0.6 is 0 Å². The van der Waals surface area contributed by atoms with Gasteiger partial charge in [0.1, 0.15) is 5.82 Å². The largest absolute Gasteiger partial charge is 0.397 e. The van der Waals surface area contributed by atoms with Gasteiger partial charge < -0.3 is 10.6 Å². The molecule has 0 fully saturated rings. The topological polar surface area (TPSA) is 65.9 Å². The van der Waals surface area contributed by atoms with Crippen molar-refractivity contribution in [3.63, 3.8) is 0 Å². The molecule has 0 saturated carbocycles. The fourth-order valence-corrected chi connectivity index (χ4v) is 1.49. The number of nitriles is 1. The molecule has 1 aromatic heterocycles. The van der Waals surface area contributed by atoms with Gasteiger partial charge in [-0.1, -0.05) is 0 Å². The van der Waals surface area contributed by atoms with E-state index in [-0.39, 0.29) is 5.92 Å². The number of hydrogen-bond donors (Lipinski definition) is 1. The Morgan fingerprint density at radius 2 is 2.25 bits per heavy atom. The van der Waals surface area contributed by atoms with Gasteiger partial charge in [0.25, 0.3) is 0 Å². The molecule has 1 heterocycles. The van der Waals surface area contributed by atoms with Crippen molar-refractivity contribution in [1.82, 2.24) is 4.98 Å². The van der Waals surface area contributed by atoms with Crippen molar-refractivity contribution in [2.75, 3.05) is 23.7 Å². The average Bonchev–Trinajstić information content (AvgIpc) is 2.29. The molecule has 1 rings (SSSR count). The summed E-state index contributed by atoms with van der Waals surface area (Å²) in [5, 5.41) is 8.81. The van der Waals surface area contributed by atoms with Gasteiger partial charge in [0, 0.05) is 13.1 Å². The fraction of sp³-hybridized carbons (Fsp3) is 0.500. The van der Waals surface area contributed by atoms with Crippen LogP contribution in [0.25, 0.3) is 0 Å². The molecule has 2 N–H and O–H groups in total. The Kier molecular flexibility index (Phi) is 4.12. The highest BCUT2D eigenvalue weighted by Gasteiger charge is 2.10. The minimum Gasteiger partial charge on any atom is -0.397 e. The van der Waals surface area contributed by atoms with Crippen molar-refractivity contribution in [3.05, 3.63) is 17.8 Å². The van der Waals surface area contributed by atoms with Crippen molar-refractivity contribution < 1.29 is 0 Å².